The highest BCUT2D eigenvalue weighted by Crippen LogP contribution is 2.22. The van der Waals surface area contributed by atoms with E-state index < -0.39 is 4.92 Å². The zero-order valence-electron chi connectivity index (χ0n) is 12.1. The molecule has 0 bridgehead atoms. The molecule has 0 aromatic heterocycles. The number of nitrogens with zero attached hydrogens (tertiary/aromatic N) is 2. The topological polar surface area (TPSA) is 108 Å². The van der Waals surface area contributed by atoms with Gasteiger partial charge in [0.25, 0.3) is 11.6 Å². The number of amides is 1. The molecule has 8 nitrogen and oxygen atoms in total. The fourth-order valence-electron chi connectivity index (χ4n) is 1.75. The minimum atomic E-state index is -0.586. The van der Waals surface area contributed by atoms with Crippen molar-refractivity contribution in [3.63, 3.8) is 0 Å². The molecule has 0 saturated carbocycles. The summed E-state index contributed by atoms with van der Waals surface area (Å²) in [4.78, 5) is 24.1. The van der Waals surface area contributed by atoms with Gasteiger partial charge in [0.1, 0.15) is 5.69 Å². The average Bonchev–Trinajstić information content (AvgIpc) is 2.46. The van der Waals surface area contributed by atoms with Gasteiger partial charge in [0, 0.05) is 38.9 Å². The molecule has 1 aromatic carbocycles. The van der Waals surface area contributed by atoms with E-state index in [0.717, 1.165) is 0 Å². The molecule has 0 heterocycles. The molecule has 0 aliphatic rings. The number of benzene rings is 1. The van der Waals surface area contributed by atoms with Crippen LogP contribution in [0.25, 0.3) is 0 Å². The number of hydrogen-bond donors (Lipinski definition) is 1. The van der Waals surface area contributed by atoms with Gasteiger partial charge in [-0.3, -0.25) is 14.9 Å². The van der Waals surface area contributed by atoms with Crippen LogP contribution >= 0.6 is 0 Å². The van der Waals surface area contributed by atoms with Gasteiger partial charge >= 0.3 is 0 Å². The van der Waals surface area contributed by atoms with Crippen LogP contribution < -0.4 is 5.73 Å². The van der Waals surface area contributed by atoms with Gasteiger partial charge < -0.3 is 20.1 Å². The zero-order chi connectivity index (χ0) is 15.8. The van der Waals surface area contributed by atoms with Gasteiger partial charge in [0.05, 0.1) is 18.1 Å². The Morgan fingerprint density at radius 1 is 1.29 bits per heavy atom. The molecule has 0 fully saturated rings. The molecule has 2 N–H and O–H groups in total. The standard InChI is InChI=1S/C13H19N3O5/c1-20-7-5-15(6-8-21-2)13(17)10-3-4-12(16(18)19)11(14)9-10/h3-4,9H,5-8,14H2,1-2H3. The third-order valence-electron chi connectivity index (χ3n) is 2.89. The lowest BCUT2D eigenvalue weighted by atomic mass is 10.1. The highest BCUT2D eigenvalue weighted by atomic mass is 16.6. The largest absolute Gasteiger partial charge is 0.393 e. The van der Waals surface area contributed by atoms with Crippen LogP contribution in [0.1, 0.15) is 10.4 Å². The van der Waals surface area contributed by atoms with Crippen LogP contribution in [0.5, 0.6) is 0 Å². The van der Waals surface area contributed by atoms with E-state index in [4.69, 9.17) is 15.2 Å². The molecule has 1 rings (SSSR count). The molecule has 0 aliphatic carbocycles. The van der Waals surface area contributed by atoms with E-state index in [2.05, 4.69) is 0 Å². The van der Waals surface area contributed by atoms with Crippen molar-refractivity contribution in [2.24, 2.45) is 0 Å². The molecule has 1 aromatic rings. The predicted octanol–water partition coefficient (Wildman–Crippen LogP) is 0.912. The number of methoxy groups -OCH3 is 2. The zero-order valence-corrected chi connectivity index (χ0v) is 12.1. The van der Waals surface area contributed by atoms with Crippen molar-refractivity contribution in [2.45, 2.75) is 0 Å². The third kappa shape index (κ3) is 4.69. The molecule has 0 aliphatic heterocycles. The summed E-state index contributed by atoms with van der Waals surface area (Å²) >= 11 is 0. The lowest BCUT2D eigenvalue weighted by Gasteiger charge is -2.22. The number of rotatable bonds is 8. The first-order valence-electron chi connectivity index (χ1n) is 6.32. The summed E-state index contributed by atoms with van der Waals surface area (Å²) in [5.74, 6) is -0.273. The second-order valence-electron chi connectivity index (χ2n) is 4.31. The van der Waals surface area contributed by atoms with Crippen molar-refractivity contribution in [3.05, 3.63) is 33.9 Å². The van der Waals surface area contributed by atoms with Crippen LogP contribution in [0, 0.1) is 10.1 Å². The van der Waals surface area contributed by atoms with Crippen molar-refractivity contribution in [2.75, 3.05) is 46.3 Å². The Hall–Kier alpha value is -2.19. The maximum atomic E-state index is 12.4. The average molecular weight is 297 g/mol. The Morgan fingerprint density at radius 3 is 2.29 bits per heavy atom. The maximum Gasteiger partial charge on any atom is 0.292 e. The Kier molecular flexibility index (Phi) is 6.57. The van der Waals surface area contributed by atoms with Crippen LogP contribution in [0.2, 0.25) is 0 Å². The number of carbonyl (C=O) groups excluding carboxylic acids is 1. The number of nitro benzene ring substituents is 1. The van der Waals surface area contributed by atoms with Crippen molar-refractivity contribution in [1.82, 2.24) is 4.90 Å². The van der Waals surface area contributed by atoms with E-state index >= 15 is 0 Å². The lowest BCUT2D eigenvalue weighted by Crippen LogP contribution is -2.36. The predicted molar refractivity (Wildman–Crippen MR) is 77.2 cm³/mol. The number of carbonyl (C=O) groups is 1. The Morgan fingerprint density at radius 2 is 1.86 bits per heavy atom. The molecule has 0 saturated heterocycles. The minimum Gasteiger partial charge on any atom is -0.393 e. The van der Waals surface area contributed by atoms with E-state index in [-0.39, 0.29) is 17.3 Å². The Bertz CT molecular complexity index is 499. The first kappa shape index (κ1) is 16.9. The van der Waals surface area contributed by atoms with Crippen LogP contribution in [-0.4, -0.2) is 56.3 Å². The van der Waals surface area contributed by atoms with Crippen molar-refractivity contribution in [1.29, 1.82) is 0 Å². The first-order valence-corrected chi connectivity index (χ1v) is 6.32. The van der Waals surface area contributed by atoms with Gasteiger partial charge in [-0.15, -0.1) is 0 Å². The Labute approximate surface area is 122 Å². The number of anilines is 1. The van der Waals surface area contributed by atoms with E-state index in [1.54, 1.807) is 19.1 Å². The summed E-state index contributed by atoms with van der Waals surface area (Å²) in [5, 5.41) is 10.7. The van der Waals surface area contributed by atoms with Gasteiger partial charge in [0.15, 0.2) is 0 Å². The van der Waals surface area contributed by atoms with Gasteiger partial charge in [-0.1, -0.05) is 0 Å². The van der Waals surface area contributed by atoms with E-state index in [9.17, 15) is 14.9 Å². The summed E-state index contributed by atoms with van der Waals surface area (Å²) in [5.41, 5.74) is 5.64. The third-order valence-corrected chi connectivity index (χ3v) is 2.89. The number of nitro groups is 1. The number of ether oxygens (including phenoxy) is 2. The first-order chi connectivity index (χ1) is 10.0. The monoisotopic (exact) mass is 297 g/mol. The quantitative estimate of drug-likeness (QED) is 0.434. The minimum absolute atomic E-state index is 0.0377. The molecule has 21 heavy (non-hydrogen) atoms. The second kappa shape index (κ2) is 8.18. The van der Waals surface area contributed by atoms with Crippen molar-refractivity contribution in [3.8, 4) is 0 Å². The lowest BCUT2D eigenvalue weighted by molar-refractivity contribution is -0.383. The van der Waals surface area contributed by atoms with Crippen molar-refractivity contribution >= 4 is 17.3 Å². The molecule has 0 atom stereocenters. The van der Waals surface area contributed by atoms with E-state index in [0.29, 0.717) is 31.9 Å². The molecular formula is C13H19N3O5. The van der Waals surface area contributed by atoms with Gasteiger partial charge in [-0.25, -0.2) is 0 Å². The fourth-order valence-corrected chi connectivity index (χ4v) is 1.75. The summed E-state index contributed by atoms with van der Waals surface area (Å²) < 4.78 is 9.93. The normalized spacial score (nSPS) is 10.4. The number of hydrogen-bond acceptors (Lipinski definition) is 6. The van der Waals surface area contributed by atoms with Crippen LogP contribution in [0.3, 0.4) is 0 Å². The summed E-state index contributed by atoms with van der Waals surface area (Å²) in [6.45, 7) is 1.57. The van der Waals surface area contributed by atoms with Gasteiger partial charge in [-0.2, -0.15) is 0 Å². The van der Waals surface area contributed by atoms with E-state index in [1.807, 2.05) is 0 Å². The maximum absolute atomic E-state index is 12.4. The van der Waals surface area contributed by atoms with Crippen LogP contribution in [0.4, 0.5) is 11.4 Å². The number of nitrogen functional groups attached to an aromatic ring is 1. The second-order valence-corrected chi connectivity index (χ2v) is 4.31. The summed E-state index contributed by atoms with van der Waals surface area (Å²) in [7, 11) is 3.09. The highest BCUT2D eigenvalue weighted by molar-refractivity contribution is 5.95. The van der Waals surface area contributed by atoms with Gasteiger partial charge in [-0.05, 0) is 12.1 Å². The summed E-state index contributed by atoms with van der Waals surface area (Å²) in [6, 6.07) is 3.93. The molecule has 8 heteroatoms. The van der Waals surface area contributed by atoms with E-state index in [1.165, 1.54) is 18.2 Å². The molecule has 1 amide bonds. The molecule has 0 unspecified atom stereocenters. The molecular weight excluding hydrogens is 278 g/mol. The molecule has 116 valence electrons. The molecule has 0 radical (unpaired) electrons. The Balaban J connectivity index is 2.91. The molecule has 0 spiro atoms. The summed E-state index contributed by atoms with van der Waals surface area (Å²) in [6.07, 6.45) is 0. The SMILES string of the molecule is COCCN(CCOC)C(=O)c1ccc([N+](=O)[O-])c(N)c1. The van der Waals surface area contributed by atoms with Crippen molar-refractivity contribution < 1.29 is 19.2 Å². The van der Waals surface area contributed by atoms with Crippen LogP contribution in [-0.2, 0) is 9.47 Å². The van der Waals surface area contributed by atoms with Gasteiger partial charge in [0.2, 0.25) is 0 Å². The fraction of sp³-hybridized carbons (Fsp3) is 0.462. The number of nitrogens with two attached hydrogens (primary N) is 1. The van der Waals surface area contributed by atoms with Crippen LogP contribution in [0.15, 0.2) is 18.2 Å². The smallest absolute Gasteiger partial charge is 0.292 e. The highest BCUT2D eigenvalue weighted by Gasteiger charge is 2.19.